The van der Waals surface area contributed by atoms with Crippen molar-refractivity contribution in [1.82, 2.24) is 5.32 Å². The van der Waals surface area contributed by atoms with Gasteiger partial charge in [-0.3, -0.25) is 0 Å². The van der Waals surface area contributed by atoms with Crippen molar-refractivity contribution in [3.63, 3.8) is 0 Å². The Bertz CT molecular complexity index is 451. The normalized spacial score (nSPS) is 18.0. The summed E-state index contributed by atoms with van der Waals surface area (Å²) in [7, 11) is 0. The summed E-state index contributed by atoms with van der Waals surface area (Å²) in [6.45, 7) is 10.7. The third kappa shape index (κ3) is 4.19. The molecule has 3 heteroatoms. The summed E-state index contributed by atoms with van der Waals surface area (Å²) in [5.41, 5.74) is 2.78. The fraction of sp³-hybridized carbons (Fsp3) is 0.667. The van der Waals surface area contributed by atoms with Crippen molar-refractivity contribution in [1.29, 1.82) is 0 Å². The summed E-state index contributed by atoms with van der Waals surface area (Å²) < 4.78 is 13.6. The molecule has 0 saturated carbocycles. The Balaban J connectivity index is 2.08. The number of benzene rings is 1. The molecular weight excluding hydrogens is 263 g/mol. The third-order valence-corrected chi connectivity index (χ3v) is 4.95. The van der Waals surface area contributed by atoms with E-state index in [2.05, 4.69) is 31.0 Å². The van der Waals surface area contributed by atoms with Crippen molar-refractivity contribution in [3.05, 3.63) is 29.6 Å². The molecule has 1 aliphatic rings. The second kappa shape index (κ2) is 7.26. The average molecular weight is 292 g/mol. The number of hydrogen-bond donors (Lipinski definition) is 1. The second-order valence-corrected chi connectivity index (χ2v) is 6.60. The minimum atomic E-state index is -0.137. The highest BCUT2D eigenvalue weighted by Crippen LogP contribution is 2.36. The zero-order chi connectivity index (χ0) is 15.3. The lowest BCUT2D eigenvalue weighted by molar-refractivity contribution is 0.238. The molecule has 1 aromatic carbocycles. The van der Waals surface area contributed by atoms with Gasteiger partial charge in [-0.05, 0) is 55.0 Å². The predicted octanol–water partition coefficient (Wildman–Crippen LogP) is 4.34. The van der Waals surface area contributed by atoms with Gasteiger partial charge in [0.25, 0.3) is 0 Å². The zero-order valence-corrected chi connectivity index (χ0v) is 13.7. The van der Waals surface area contributed by atoms with E-state index < -0.39 is 0 Å². The first-order valence-corrected chi connectivity index (χ1v) is 8.32. The van der Waals surface area contributed by atoms with Gasteiger partial charge in [0.05, 0.1) is 0 Å². The van der Waals surface area contributed by atoms with Crippen LogP contribution in [0.2, 0.25) is 0 Å². The summed E-state index contributed by atoms with van der Waals surface area (Å²) in [6, 6.07) is 5.23. The molecule has 0 amide bonds. The van der Waals surface area contributed by atoms with Gasteiger partial charge in [-0.25, -0.2) is 4.39 Å². The minimum absolute atomic E-state index is 0.137. The molecule has 2 nitrogen and oxygen atoms in total. The van der Waals surface area contributed by atoms with Gasteiger partial charge in [-0.2, -0.15) is 0 Å². The largest absolute Gasteiger partial charge is 0.371 e. The molecule has 2 rings (SSSR count). The lowest BCUT2D eigenvalue weighted by atomic mass is 9.78. The first-order valence-electron chi connectivity index (χ1n) is 8.32. The van der Waals surface area contributed by atoms with Crippen LogP contribution in [0.3, 0.4) is 0 Å². The number of hydrogen-bond acceptors (Lipinski definition) is 2. The number of piperidine rings is 1. The van der Waals surface area contributed by atoms with Gasteiger partial charge < -0.3 is 10.2 Å². The molecule has 1 heterocycles. The molecule has 0 radical (unpaired) electrons. The van der Waals surface area contributed by atoms with Crippen molar-refractivity contribution in [2.45, 2.75) is 53.0 Å². The van der Waals surface area contributed by atoms with E-state index in [4.69, 9.17) is 0 Å². The van der Waals surface area contributed by atoms with Crippen molar-refractivity contribution in [3.8, 4) is 0 Å². The van der Waals surface area contributed by atoms with Crippen molar-refractivity contribution in [2.75, 3.05) is 24.5 Å². The smallest absolute Gasteiger partial charge is 0.123 e. The highest BCUT2D eigenvalue weighted by Gasteiger charge is 2.29. The second-order valence-electron chi connectivity index (χ2n) is 6.60. The van der Waals surface area contributed by atoms with E-state index in [0.717, 1.165) is 38.2 Å². The van der Waals surface area contributed by atoms with Gasteiger partial charge in [-0.1, -0.05) is 27.2 Å². The highest BCUT2D eigenvalue weighted by atomic mass is 19.1. The lowest BCUT2D eigenvalue weighted by Gasteiger charge is -2.40. The van der Waals surface area contributed by atoms with E-state index in [1.807, 2.05) is 6.07 Å². The van der Waals surface area contributed by atoms with Gasteiger partial charge in [-0.15, -0.1) is 0 Å². The van der Waals surface area contributed by atoms with Gasteiger partial charge in [0.15, 0.2) is 0 Å². The monoisotopic (exact) mass is 292 g/mol. The minimum Gasteiger partial charge on any atom is -0.371 e. The standard InChI is InChI=1S/C18H29FN2/c1-4-10-20-14-15-13-16(19)6-7-17(15)21-11-8-18(3,5-2)9-12-21/h6-7,13,20H,4-5,8-12,14H2,1-3H3. The van der Waals surface area contributed by atoms with Gasteiger partial charge >= 0.3 is 0 Å². The number of rotatable bonds is 6. The summed E-state index contributed by atoms with van der Waals surface area (Å²) >= 11 is 0. The fourth-order valence-corrected chi connectivity index (χ4v) is 3.05. The Morgan fingerprint density at radius 2 is 1.95 bits per heavy atom. The SMILES string of the molecule is CCCNCc1cc(F)ccc1N1CCC(C)(CC)CC1. The number of nitrogens with one attached hydrogen (secondary N) is 1. The molecule has 118 valence electrons. The highest BCUT2D eigenvalue weighted by molar-refractivity contribution is 5.54. The van der Waals surface area contributed by atoms with Crippen LogP contribution in [0.4, 0.5) is 10.1 Å². The van der Waals surface area contributed by atoms with E-state index in [9.17, 15) is 4.39 Å². The van der Waals surface area contributed by atoms with Crippen LogP contribution >= 0.6 is 0 Å². The van der Waals surface area contributed by atoms with Gasteiger partial charge in [0.1, 0.15) is 5.82 Å². The van der Waals surface area contributed by atoms with Crippen LogP contribution in [-0.2, 0) is 6.54 Å². The van der Waals surface area contributed by atoms with E-state index in [-0.39, 0.29) is 5.82 Å². The molecule has 0 unspecified atom stereocenters. The topological polar surface area (TPSA) is 15.3 Å². The molecule has 0 aliphatic carbocycles. The van der Waals surface area contributed by atoms with Crippen molar-refractivity contribution >= 4 is 5.69 Å². The average Bonchev–Trinajstić information content (AvgIpc) is 2.49. The van der Waals surface area contributed by atoms with E-state index in [1.54, 1.807) is 12.1 Å². The van der Waals surface area contributed by atoms with Crippen LogP contribution in [-0.4, -0.2) is 19.6 Å². The molecule has 0 atom stereocenters. The summed E-state index contributed by atoms with van der Waals surface area (Å²) in [4.78, 5) is 2.43. The molecule has 0 spiro atoms. The third-order valence-electron chi connectivity index (χ3n) is 4.95. The van der Waals surface area contributed by atoms with E-state index >= 15 is 0 Å². The van der Waals surface area contributed by atoms with Crippen LogP contribution < -0.4 is 10.2 Å². The Labute approximate surface area is 128 Å². The first-order chi connectivity index (χ1) is 10.1. The molecule has 1 fully saturated rings. The molecule has 1 saturated heterocycles. The maximum atomic E-state index is 13.6. The molecular formula is C18H29FN2. The van der Waals surface area contributed by atoms with Crippen LogP contribution in [0.25, 0.3) is 0 Å². The first kappa shape index (κ1) is 16.3. The Morgan fingerprint density at radius 1 is 1.24 bits per heavy atom. The summed E-state index contributed by atoms with van der Waals surface area (Å²) in [5, 5.41) is 3.39. The molecule has 0 aromatic heterocycles. The lowest BCUT2D eigenvalue weighted by Crippen LogP contribution is -2.39. The number of halogens is 1. The Morgan fingerprint density at radius 3 is 2.57 bits per heavy atom. The predicted molar refractivity (Wildman–Crippen MR) is 88.2 cm³/mol. The molecule has 1 aliphatic heterocycles. The quantitative estimate of drug-likeness (QED) is 0.785. The maximum absolute atomic E-state index is 13.6. The Hall–Kier alpha value is -1.09. The van der Waals surface area contributed by atoms with Crippen molar-refractivity contribution < 1.29 is 4.39 Å². The fourth-order valence-electron chi connectivity index (χ4n) is 3.05. The van der Waals surface area contributed by atoms with E-state index in [1.165, 1.54) is 24.9 Å². The zero-order valence-electron chi connectivity index (χ0n) is 13.7. The van der Waals surface area contributed by atoms with Crippen LogP contribution in [0, 0.1) is 11.2 Å². The molecule has 0 bridgehead atoms. The van der Waals surface area contributed by atoms with Crippen LogP contribution in [0.1, 0.15) is 52.0 Å². The van der Waals surface area contributed by atoms with Gasteiger partial charge in [0.2, 0.25) is 0 Å². The summed E-state index contributed by atoms with van der Waals surface area (Å²) in [6.07, 6.45) is 4.80. The van der Waals surface area contributed by atoms with E-state index in [0.29, 0.717) is 5.41 Å². The maximum Gasteiger partial charge on any atom is 0.123 e. The summed E-state index contributed by atoms with van der Waals surface area (Å²) in [5.74, 6) is -0.137. The number of nitrogens with zero attached hydrogens (tertiary/aromatic N) is 1. The Kier molecular flexibility index (Phi) is 5.63. The van der Waals surface area contributed by atoms with Crippen molar-refractivity contribution in [2.24, 2.45) is 5.41 Å². The number of anilines is 1. The van der Waals surface area contributed by atoms with Crippen LogP contribution in [0.15, 0.2) is 18.2 Å². The molecule has 1 aromatic rings. The molecule has 21 heavy (non-hydrogen) atoms. The van der Waals surface area contributed by atoms with Crippen LogP contribution in [0.5, 0.6) is 0 Å². The van der Waals surface area contributed by atoms with Gasteiger partial charge in [0, 0.05) is 25.3 Å². The molecule has 1 N–H and O–H groups in total.